The zero-order valence-corrected chi connectivity index (χ0v) is 21.6. The molecule has 0 bridgehead atoms. The number of para-hydroxylation sites is 2. The minimum atomic E-state index is -0.204. The molecule has 0 aliphatic carbocycles. The van der Waals surface area contributed by atoms with E-state index < -0.39 is 0 Å². The Kier molecular flexibility index (Phi) is 9.49. The molecule has 2 atom stereocenters. The Balaban J connectivity index is 0.000000623. The molecular formula is C29H39N3O3. The lowest BCUT2D eigenvalue weighted by Crippen LogP contribution is -2.32. The summed E-state index contributed by atoms with van der Waals surface area (Å²) in [6.07, 6.45) is 3.41. The van der Waals surface area contributed by atoms with Gasteiger partial charge in [0.05, 0.1) is 29.4 Å². The van der Waals surface area contributed by atoms with Crippen molar-refractivity contribution in [2.45, 2.75) is 59.4 Å². The number of carbonyl (C=O) groups excluding carboxylic acids is 1. The number of carbonyl (C=O) groups is 1. The van der Waals surface area contributed by atoms with E-state index in [1.54, 1.807) is 6.20 Å². The molecule has 35 heavy (non-hydrogen) atoms. The number of pyridine rings is 1. The maximum Gasteiger partial charge on any atom is 0.255 e. The quantitative estimate of drug-likeness (QED) is 0.419. The highest BCUT2D eigenvalue weighted by Crippen LogP contribution is 2.34. The molecule has 1 aliphatic rings. The van der Waals surface area contributed by atoms with Crippen molar-refractivity contribution in [1.82, 2.24) is 10.3 Å². The summed E-state index contributed by atoms with van der Waals surface area (Å²) in [4.78, 5) is 17.7. The van der Waals surface area contributed by atoms with E-state index in [1.165, 1.54) is 5.56 Å². The number of anilines is 1. The molecule has 3 N–H and O–H groups in total. The molecular weight excluding hydrogens is 438 g/mol. The Morgan fingerprint density at radius 2 is 1.89 bits per heavy atom. The largest absolute Gasteiger partial charge is 0.493 e. The van der Waals surface area contributed by atoms with Crippen molar-refractivity contribution in [1.29, 1.82) is 0 Å². The smallest absolute Gasteiger partial charge is 0.255 e. The normalized spacial score (nSPS) is 15.5. The van der Waals surface area contributed by atoms with Crippen molar-refractivity contribution in [3.63, 3.8) is 0 Å². The molecule has 4 rings (SSSR count). The Hall–Kier alpha value is -3.12. The molecule has 0 saturated heterocycles. The van der Waals surface area contributed by atoms with E-state index in [2.05, 4.69) is 37.1 Å². The monoisotopic (exact) mass is 477 g/mol. The molecule has 6 nitrogen and oxygen atoms in total. The van der Waals surface area contributed by atoms with Gasteiger partial charge in [-0.15, -0.1) is 0 Å². The van der Waals surface area contributed by atoms with Gasteiger partial charge in [0.25, 0.3) is 5.91 Å². The van der Waals surface area contributed by atoms with Crippen LogP contribution in [0.1, 0.15) is 80.9 Å². The van der Waals surface area contributed by atoms with Gasteiger partial charge in [0.15, 0.2) is 0 Å². The summed E-state index contributed by atoms with van der Waals surface area (Å²) >= 11 is 0. The second-order valence-electron chi connectivity index (χ2n) is 9.34. The maximum absolute atomic E-state index is 13.1. The van der Waals surface area contributed by atoms with Crippen molar-refractivity contribution >= 4 is 22.5 Å². The molecule has 2 aromatic carbocycles. The van der Waals surface area contributed by atoms with E-state index in [9.17, 15) is 4.79 Å². The molecule has 1 unspecified atom stereocenters. The second-order valence-corrected chi connectivity index (χ2v) is 9.34. The highest BCUT2D eigenvalue weighted by molar-refractivity contribution is 6.06. The number of nitrogens with one attached hydrogen (secondary N) is 1. The number of rotatable bonds is 7. The number of hydrogen-bond acceptors (Lipinski definition) is 5. The molecule has 6 heteroatoms. The molecule has 0 fully saturated rings. The number of nitrogens with two attached hydrogens (primary N) is 1. The van der Waals surface area contributed by atoms with Crippen LogP contribution in [-0.2, 0) is 4.74 Å². The van der Waals surface area contributed by atoms with Gasteiger partial charge >= 0.3 is 0 Å². The fourth-order valence-electron chi connectivity index (χ4n) is 4.61. The fourth-order valence-corrected chi connectivity index (χ4v) is 4.61. The first-order chi connectivity index (χ1) is 16.9. The van der Waals surface area contributed by atoms with E-state index in [1.807, 2.05) is 50.2 Å². The fraction of sp³-hybridized carbons (Fsp3) is 0.448. The minimum absolute atomic E-state index is 0.102. The van der Waals surface area contributed by atoms with Gasteiger partial charge < -0.3 is 20.5 Å². The number of nitrogen functional groups attached to an aromatic ring is 1. The first kappa shape index (κ1) is 26.5. The predicted octanol–water partition coefficient (Wildman–Crippen LogP) is 6.26. The van der Waals surface area contributed by atoms with Gasteiger partial charge in [-0.1, -0.05) is 57.2 Å². The van der Waals surface area contributed by atoms with Crippen molar-refractivity contribution in [2.75, 3.05) is 25.6 Å². The van der Waals surface area contributed by atoms with Gasteiger partial charge in [0.2, 0.25) is 0 Å². The van der Waals surface area contributed by atoms with E-state index in [-0.39, 0.29) is 11.9 Å². The van der Waals surface area contributed by atoms with Gasteiger partial charge in [-0.25, -0.2) is 0 Å². The summed E-state index contributed by atoms with van der Waals surface area (Å²) in [6, 6.07) is 13.8. The van der Waals surface area contributed by atoms with Crippen LogP contribution in [0.15, 0.2) is 48.7 Å². The lowest BCUT2D eigenvalue weighted by atomic mass is 9.90. The summed E-state index contributed by atoms with van der Waals surface area (Å²) in [7, 11) is 0. The topological polar surface area (TPSA) is 86.5 Å². The molecule has 0 radical (unpaired) electrons. The minimum Gasteiger partial charge on any atom is -0.493 e. The van der Waals surface area contributed by atoms with Crippen molar-refractivity contribution in [2.24, 2.45) is 5.92 Å². The van der Waals surface area contributed by atoms with Crippen LogP contribution < -0.4 is 15.8 Å². The standard InChI is InChI=1S/C25H29N3O2.C4H10O/c1-15(2)13-16(3)17-8-6-9-19-23(26)20(14-27-24(17)19)25(29)28-21-11-12-30-22-10-5-4-7-18(21)22;1-3-5-4-2/h4-10,14-16,21H,11-13H2,1-3H3,(H2,26,27)(H,28,29);3-4H2,1-2H3/t16?,21-;/m0./s1. The highest BCUT2D eigenvalue weighted by atomic mass is 16.5. The number of nitrogens with zero attached hydrogens (tertiary/aromatic N) is 1. The first-order valence-corrected chi connectivity index (χ1v) is 12.6. The van der Waals surface area contributed by atoms with Crippen LogP contribution in [0.25, 0.3) is 10.9 Å². The summed E-state index contributed by atoms with van der Waals surface area (Å²) in [5, 5.41) is 3.96. The third-order valence-electron chi connectivity index (χ3n) is 6.24. The molecule has 2 heterocycles. The summed E-state index contributed by atoms with van der Waals surface area (Å²) in [6.45, 7) is 12.9. The lowest BCUT2D eigenvalue weighted by molar-refractivity contribution is 0.0925. The van der Waals surface area contributed by atoms with Gasteiger partial charge in [-0.2, -0.15) is 0 Å². The molecule has 0 spiro atoms. The third-order valence-corrected chi connectivity index (χ3v) is 6.24. The molecule has 0 saturated carbocycles. The molecule has 1 aliphatic heterocycles. The Morgan fingerprint density at radius 3 is 2.57 bits per heavy atom. The number of ether oxygens (including phenoxy) is 2. The van der Waals surface area contributed by atoms with Crippen LogP contribution in [0.3, 0.4) is 0 Å². The van der Waals surface area contributed by atoms with Gasteiger partial charge in [0.1, 0.15) is 5.75 Å². The first-order valence-electron chi connectivity index (χ1n) is 12.6. The van der Waals surface area contributed by atoms with Crippen LogP contribution in [0.5, 0.6) is 5.75 Å². The van der Waals surface area contributed by atoms with Crippen molar-refractivity contribution in [3.05, 3.63) is 65.4 Å². The van der Waals surface area contributed by atoms with Gasteiger partial charge in [-0.3, -0.25) is 9.78 Å². The number of hydrogen-bond donors (Lipinski definition) is 2. The average Bonchev–Trinajstić information content (AvgIpc) is 2.84. The van der Waals surface area contributed by atoms with Crippen LogP contribution >= 0.6 is 0 Å². The van der Waals surface area contributed by atoms with Gasteiger partial charge in [0, 0.05) is 36.8 Å². The van der Waals surface area contributed by atoms with Crippen molar-refractivity contribution < 1.29 is 14.3 Å². The summed E-state index contributed by atoms with van der Waals surface area (Å²) < 4.78 is 10.5. The number of amides is 1. The van der Waals surface area contributed by atoms with Crippen LogP contribution in [-0.4, -0.2) is 30.7 Å². The lowest BCUT2D eigenvalue weighted by Gasteiger charge is -2.26. The van der Waals surface area contributed by atoms with Crippen molar-refractivity contribution in [3.8, 4) is 5.75 Å². The Labute approximate surface area is 209 Å². The highest BCUT2D eigenvalue weighted by Gasteiger charge is 2.25. The number of fused-ring (bicyclic) bond motifs is 2. The molecule has 3 aromatic rings. The molecule has 1 aromatic heterocycles. The average molecular weight is 478 g/mol. The maximum atomic E-state index is 13.1. The third kappa shape index (κ3) is 6.51. The van der Waals surface area contributed by atoms with E-state index in [0.29, 0.717) is 29.7 Å². The van der Waals surface area contributed by atoms with E-state index in [0.717, 1.165) is 48.3 Å². The van der Waals surface area contributed by atoms with E-state index in [4.69, 9.17) is 15.2 Å². The summed E-state index contributed by atoms with van der Waals surface area (Å²) in [5.74, 6) is 1.59. The number of benzene rings is 2. The summed E-state index contributed by atoms with van der Waals surface area (Å²) in [5.41, 5.74) is 10.4. The van der Waals surface area contributed by atoms with E-state index >= 15 is 0 Å². The SMILES string of the molecule is CC(C)CC(C)c1cccc2c(N)c(C(=O)N[C@H]3CCOc4ccccc43)cnc12.CCOCC. The zero-order chi connectivity index (χ0) is 25.4. The molecule has 1 amide bonds. The van der Waals surface area contributed by atoms with Crippen LogP contribution in [0.4, 0.5) is 5.69 Å². The van der Waals surface area contributed by atoms with Crippen LogP contribution in [0, 0.1) is 5.92 Å². The van der Waals surface area contributed by atoms with Crippen LogP contribution in [0.2, 0.25) is 0 Å². The Bertz CT molecular complexity index is 1130. The molecule has 188 valence electrons. The Morgan fingerprint density at radius 1 is 1.14 bits per heavy atom. The van der Waals surface area contributed by atoms with Gasteiger partial charge in [-0.05, 0) is 43.7 Å². The number of aromatic nitrogens is 1. The predicted molar refractivity (Wildman–Crippen MR) is 143 cm³/mol. The second kappa shape index (κ2) is 12.5. The zero-order valence-electron chi connectivity index (χ0n) is 21.6.